The maximum Gasteiger partial charge on any atom is 0.153 e. The van der Waals surface area contributed by atoms with Gasteiger partial charge in [0.25, 0.3) is 0 Å². The maximum absolute atomic E-state index is 6.08. The molecule has 1 aromatic heterocycles. The summed E-state index contributed by atoms with van der Waals surface area (Å²) in [5.41, 5.74) is 10.7. The molecule has 0 saturated carbocycles. The summed E-state index contributed by atoms with van der Waals surface area (Å²) < 4.78 is 5.81. The summed E-state index contributed by atoms with van der Waals surface area (Å²) in [6, 6.07) is 8.31. The molecule has 0 radical (unpaired) electrons. The number of aryl methyl sites for hydroxylation is 2. The summed E-state index contributed by atoms with van der Waals surface area (Å²) >= 11 is 0. The molecule has 3 N–H and O–H groups in total. The molecule has 1 aliphatic heterocycles. The van der Waals surface area contributed by atoms with Crippen LogP contribution in [0.15, 0.2) is 24.3 Å². The molecule has 2 aromatic rings. The topological polar surface area (TPSA) is 63.9 Å². The van der Waals surface area contributed by atoms with Crippen molar-refractivity contribution >= 4 is 5.82 Å². The van der Waals surface area contributed by atoms with E-state index in [1.165, 1.54) is 30.4 Å². The van der Waals surface area contributed by atoms with Crippen LogP contribution in [0.4, 0.5) is 5.82 Å². The molecular weight excluding hydrogens is 262 g/mol. The molecule has 112 valence electrons. The van der Waals surface area contributed by atoms with Gasteiger partial charge in [0.15, 0.2) is 5.82 Å². The third-order valence-electron chi connectivity index (χ3n) is 4.27. The molecule has 1 aliphatic rings. The summed E-state index contributed by atoms with van der Waals surface area (Å²) in [6.07, 6.45) is 5.98. The van der Waals surface area contributed by atoms with Gasteiger partial charge in [-0.15, -0.1) is 0 Å². The first-order valence-electron chi connectivity index (χ1n) is 7.76. The van der Waals surface area contributed by atoms with Crippen molar-refractivity contribution in [2.75, 3.05) is 12.3 Å². The Morgan fingerprint density at radius 1 is 1.33 bits per heavy atom. The summed E-state index contributed by atoms with van der Waals surface area (Å²) in [5, 5.41) is 7.32. The number of rotatable bonds is 4. The predicted octanol–water partition coefficient (Wildman–Crippen LogP) is 3.47. The van der Waals surface area contributed by atoms with E-state index in [-0.39, 0.29) is 0 Å². The van der Waals surface area contributed by atoms with Crippen LogP contribution in [0, 0.1) is 6.92 Å². The Hall–Kier alpha value is -1.81. The average molecular weight is 285 g/mol. The number of H-pyrrole nitrogens is 1. The molecule has 4 nitrogen and oxygen atoms in total. The number of hydrogen-bond donors (Lipinski definition) is 2. The van der Waals surface area contributed by atoms with E-state index in [1.807, 2.05) is 12.1 Å². The second kappa shape index (κ2) is 6.31. The highest BCUT2D eigenvalue weighted by atomic mass is 16.5. The van der Waals surface area contributed by atoms with Crippen LogP contribution in [0.1, 0.15) is 36.9 Å². The van der Waals surface area contributed by atoms with Gasteiger partial charge in [0.2, 0.25) is 0 Å². The number of nitrogen functional groups attached to an aromatic ring is 1. The zero-order valence-electron chi connectivity index (χ0n) is 12.6. The number of aromatic nitrogens is 2. The third-order valence-corrected chi connectivity index (χ3v) is 4.27. The summed E-state index contributed by atoms with van der Waals surface area (Å²) in [4.78, 5) is 0. The smallest absolute Gasteiger partial charge is 0.153 e. The fraction of sp³-hybridized carbons (Fsp3) is 0.471. The minimum Gasteiger partial charge on any atom is -0.382 e. The van der Waals surface area contributed by atoms with Crippen LogP contribution in [0.2, 0.25) is 0 Å². The van der Waals surface area contributed by atoms with Gasteiger partial charge in [-0.25, -0.2) is 0 Å². The van der Waals surface area contributed by atoms with E-state index in [4.69, 9.17) is 10.5 Å². The van der Waals surface area contributed by atoms with E-state index in [2.05, 4.69) is 29.3 Å². The Morgan fingerprint density at radius 2 is 2.19 bits per heavy atom. The van der Waals surface area contributed by atoms with Gasteiger partial charge in [0, 0.05) is 17.9 Å². The van der Waals surface area contributed by atoms with Gasteiger partial charge in [-0.3, -0.25) is 5.10 Å². The molecule has 2 heterocycles. The first kappa shape index (κ1) is 14.1. The first-order valence-corrected chi connectivity index (χ1v) is 7.76. The molecule has 0 spiro atoms. The van der Waals surface area contributed by atoms with Gasteiger partial charge in [-0.2, -0.15) is 5.10 Å². The zero-order chi connectivity index (χ0) is 14.7. The van der Waals surface area contributed by atoms with Crippen LogP contribution in [-0.4, -0.2) is 22.9 Å². The lowest BCUT2D eigenvalue weighted by atomic mass is 9.97. The summed E-state index contributed by atoms with van der Waals surface area (Å²) in [7, 11) is 0. The van der Waals surface area contributed by atoms with Crippen LogP contribution in [0.25, 0.3) is 11.1 Å². The van der Waals surface area contributed by atoms with Crippen molar-refractivity contribution in [1.29, 1.82) is 0 Å². The van der Waals surface area contributed by atoms with Crippen LogP contribution < -0.4 is 5.73 Å². The molecule has 4 heteroatoms. The lowest BCUT2D eigenvalue weighted by Gasteiger charge is -2.22. The van der Waals surface area contributed by atoms with E-state index in [9.17, 15) is 0 Å². The third kappa shape index (κ3) is 3.10. The van der Waals surface area contributed by atoms with Gasteiger partial charge in [0.1, 0.15) is 0 Å². The van der Waals surface area contributed by atoms with Gasteiger partial charge >= 0.3 is 0 Å². The molecule has 1 fully saturated rings. The number of aromatic amines is 1. The second-order valence-corrected chi connectivity index (χ2v) is 5.80. The minimum atomic E-state index is 0.382. The fourth-order valence-electron chi connectivity index (χ4n) is 3.07. The number of hydrogen-bond acceptors (Lipinski definition) is 3. The van der Waals surface area contributed by atoms with E-state index < -0.39 is 0 Å². The molecule has 3 rings (SSSR count). The van der Waals surface area contributed by atoms with E-state index in [0.717, 1.165) is 30.7 Å². The number of nitrogens with two attached hydrogens (primary N) is 1. The van der Waals surface area contributed by atoms with Crippen LogP contribution in [-0.2, 0) is 11.2 Å². The summed E-state index contributed by atoms with van der Waals surface area (Å²) in [6.45, 7) is 3.01. The van der Waals surface area contributed by atoms with E-state index >= 15 is 0 Å². The molecule has 1 aromatic carbocycles. The van der Waals surface area contributed by atoms with Crippen molar-refractivity contribution in [2.45, 2.75) is 45.1 Å². The Labute approximate surface area is 125 Å². The van der Waals surface area contributed by atoms with Crippen LogP contribution >= 0.6 is 0 Å². The molecule has 0 bridgehead atoms. The molecule has 1 atom stereocenters. The van der Waals surface area contributed by atoms with E-state index in [0.29, 0.717) is 11.9 Å². The monoisotopic (exact) mass is 285 g/mol. The summed E-state index contributed by atoms with van der Waals surface area (Å²) in [5.74, 6) is 0.587. The Balaban J connectivity index is 1.79. The van der Waals surface area contributed by atoms with Crippen LogP contribution in [0.5, 0.6) is 0 Å². The van der Waals surface area contributed by atoms with Gasteiger partial charge < -0.3 is 10.5 Å². The standard InChI is InChI=1S/C17H23N3O/c1-12-6-2-3-8-14(12)16-15(19-20-17(16)18)10-9-13-7-4-5-11-21-13/h2-3,6,8,13H,4-5,7,9-11H2,1H3,(H3,18,19,20). The minimum absolute atomic E-state index is 0.382. The highest BCUT2D eigenvalue weighted by Gasteiger charge is 2.18. The lowest BCUT2D eigenvalue weighted by Crippen LogP contribution is -2.19. The Morgan fingerprint density at radius 3 is 2.95 bits per heavy atom. The van der Waals surface area contributed by atoms with Crippen molar-refractivity contribution in [2.24, 2.45) is 0 Å². The van der Waals surface area contributed by atoms with Gasteiger partial charge in [0.05, 0.1) is 6.10 Å². The molecule has 0 amide bonds. The zero-order valence-corrected chi connectivity index (χ0v) is 12.6. The highest BCUT2D eigenvalue weighted by molar-refractivity contribution is 5.78. The van der Waals surface area contributed by atoms with Crippen molar-refractivity contribution in [3.63, 3.8) is 0 Å². The Kier molecular flexibility index (Phi) is 4.25. The molecule has 1 unspecified atom stereocenters. The van der Waals surface area contributed by atoms with Crippen LogP contribution in [0.3, 0.4) is 0 Å². The number of nitrogens with zero attached hydrogens (tertiary/aromatic N) is 1. The second-order valence-electron chi connectivity index (χ2n) is 5.80. The predicted molar refractivity (Wildman–Crippen MR) is 85.1 cm³/mol. The number of benzene rings is 1. The molecule has 21 heavy (non-hydrogen) atoms. The van der Waals surface area contributed by atoms with Crippen molar-refractivity contribution in [3.05, 3.63) is 35.5 Å². The first-order chi connectivity index (χ1) is 10.3. The van der Waals surface area contributed by atoms with Gasteiger partial charge in [-0.05, 0) is 50.2 Å². The maximum atomic E-state index is 6.08. The Bertz CT molecular complexity index is 600. The average Bonchev–Trinajstić information content (AvgIpc) is 2.88. The van der Waals surface area contributed by atoms with Gasteiger partial charge in [-0.1, -0.05) is 24.3 Å². The number of ether oxygens (including phenoxy) is 1. The molecular formula is C17H23N3O. The fourth-order valence-corrected chi connectivity index (χ4v) is 3.07. The molecule has 0 aliphatic carbocycles. The highest BCUT2D eigenvalue weighted by Crippen LogP contribution is 2.31. The van der Waals surface area contributed by atoms with Crippen molar-refractivity contribution < 1.29 is 4.74 Å². The van der Waals surface area contributed by atoms with Crippen molar-refractivity contribution in [1.82, 2.24) is 10.2 Å². The number of nitrogens with one attached hydrogen (secondary N) is 1. The molecule has 1 saturated heterocycles. The van der Waals surface area contributed by atoms with E-state index in [1.54, 1.807) is 0 Å². The largest absolute Gasteiger partial charge is 0.382 e. The quantitative estimate of drug-likeness (QED) is 0.904. The SMILES string of the molecule is Cc1ccccc1-c1c(N)n[nH]c1CCC1CCCCO1. The number of anilines is 1. The van der Waals surface area contributed by atoms with Crippen molar-refractivity contribution in [3.8, 4) is 11.1 Å². The normalized spacial score (nSPS) is 18.8. The lowest BCUT2D eigenvalue weighted by molar-refractivity contribution is 0.0114.